The van der Waals surface area contributed by atoms with Crippen LogP contribution in [0.4, 0.5) is 0 Å². The van der Waals surface area contributed by atoms with Gasteiger partial charge in [0.05, 0.1) is 11.3 Å². The average molecular weight is 361 g/mol. The average Bonchev–Trinajstić information content (AvgIpc) is 3.15. The summed E-state index contributed by atoms with van der Waals surface area (Å²) in [7, 11) is 0. The molecule has 0 aliphatic carbocycles. The SMILES string of the molecule is O=C(COC(=O)Cc1ccc2c(c1)OCCO2)NC(=O)c1cccs1. The molecule has 0 saturated carbocycles. The van der Waals surface area contributed by atoms with Crippen molar-refractivity contribution in [1.29, 1.82) is 0 Å². The summed E-state index contributed by atoms with van der Waals surface area (Å²) in [4.78, 5) is 35.6. The van der Waals surface area contributed by atoms with E-state index in [1.54, 1.807) is 35.7 Å². The maximum Gasteiger partial charge on any atom is 0.310 e. The number of nitrogens with one attached hydrogen (secondary N) is 1. The second-order valence-electron chi connectivity index (χ2n) is 5.17. The molecule has 0 fully saturated rings. The third-order valence-corrected chi connectivity index (χ3v) is 4.19. The highest BCUT2D eigenvalue weighted by Crippen LogP contribution is 2.30. The highest BCUT2D eigenvalue weighted by Gasteiger charge is 2.16. The molecule has 1 aromatic heterocycles. The standard InChI is InChI=1S/C17H15NO6S/c19-15(18-17(21)14-2-1-7-25-14)10-24-16(20)9-11-3-4-12-13(8-11)23-6-5-22-12/h1-4,7-8H,5-6,9-10H2,(H,18,19,21). The molecule has 0 saturated heterocycles. The topological polar surface area (TPSA) is 90.9 Å². The summed E-state index contributed by atoms with van der Waals surface area (Å²) < 4.78 is 15.7. The first-order valence-electron chi connectivity index (χ1n) is 7.53. The van der Waals surface area contributed by atoms with Crippen LogP contribution in [0.5, 0.6) is 11.5 Å². The molecule has 0 spiro atoms. The van der Waals surface area contributed by atoms with E-state index >= 15 is 0 Å². The molecule has 3 rings (SSSR count). The van der Waals surface area contributed by atoms with Crippen molar-refractivity contribution in [3.63, 3.8) is 0 Å². The van der Waals surface area contributed by atoms with Gasteiger partial charge < -0.3 is 14.2 Å². The highest BCUT2D eigenvalue weighted by atomic mass is 32.1. The number of fused-ring (bicyclic) bond motifs is 1. The molecule has 7 nitrogen and oxygen atoms in total. The molecular formula is C17H15NO6S. The maximum absolute atomic E-state index is 11.8. The lowest BCUT2D eigenvalue weighted by atomic mass is 10.1. The van der Waals surface area contributed by atoms with Crippen LogP contribution in [0.15, 0.2) is 35.7 Å². The van der Waals surface area contributed by atoms with E-state index in [0.717, 1.165) is 0 Å². The van der Waals surface area contributed by atoms with Crippen molar-refractivity contribution in [2.45, 2.75) is 6.42 Å². The zero-order chi connectivity index (χ0) is 17.6. The fourth-order valence-electron chi connectivity index (χ4n) is 2.19. The van der Waals surface area contributed by atoms with Gasteiger partial charge in [0.1, 0.15) is 13.2 Å². The van der Waals surface area contributed by atoms with Crippen LogP contribution in [0.1, 0.15) is 15.2 Å². The van der Waals surface area contributed by atoms with Crippen molar-refractivity contribution < 1.29 is 28.6 Å². The number of ether oxygens (including phenoxy) is 3. The minimum absolute atomic E-state index is 0.0111. The van der Waals surface area contributed by atoms with E-state index in [-0.39, 0.29) is 6.42 Å². The first-order chi connectivity index (χ1) is 12.1. The summed E-state index contributed by atoms with van der Waals surface area (Å²) in [6, 6.07) is 8.47. The Bertz CT molecular complexity index is 786. The first-order valence-corrected chi connectivity index (χ1v) is 8.41. The van der Waals surface area contributed by atoms with Crippen molar-refractivity contribution in [1.82, 2.24) is 5.32 Å². The Kier molecular flexibility index (Phi) is 5.30. The molecule has 25 heavy (non-hydrogen) atoms. The molecule has 2 heterocycles. The Morgan fingerprint density at radius 2 is 1.92 bits per heavy atom. The van der Waals surface area contributed by atoms with Crippen LogP contribution < -0.4 is 14.8 Å². The minimum Gasteiger partial charge on any atom is -0.486 e. The predicted octanol–water partition coefficient (Wildman–Crippen LogP) is 1.56. The molecule has 0 radical (unpaired) electrons. The molecule has 0 unspecified atom stereocenters. The summed E-state index contributed by atoms with van der Waals surface area (Å²) in [6.45, 7) is 0.438. The quantitative estimate of drug-likeness (QED) is 0.813. The number of imide groups is 1. The number of carbonyl (C=O) groups is 3. The van der Waals surface area contributed by atoms with E-state index in [1.807, 2.05) is 0 Å². The molecule has 0 atom stereocenters. The van der Waals surface area contributed by atoms with E-state index in [9.17, 15) is 14.4 Å². The Balaban J connectivity index is 1.46. The van der Waals surface area contributed by atoms with Gasteiger partial charge in [-0.05, 0) is 29.1 Å². The van der Waals surface area contributed by atoms with Crippen LogP contribution in [0.25, 0.3) is 0 Å². The maximum atomic E-state index is 11.8. The van der Waals surface area contributed by atoms with Crippen LogP contribution in [-0.4, -0.2) is 37.6 Å². The van der Waals surface area contributed by atoms with E-state index in [0.29, 0.717) is 35.2 Å². The van der Waals surface area contributed by atoms with E-state index < -0.39 is 24.4 Å². The molecule has 1 N–H and O–H groups in total. The van der Waals surface area contributed by atoms with Crippen molar-refractivity contribution in [2.75, 3.05) is 19.8 Å². The van der Waals surface area contributed by atoms with Gasteiger partial charge in [0.25, 0.3) is 11.8 Å². The van der Waals surface area contributed by atoms with Gasteiger partial charge in [-0.25, -0.2) is 0 Å². The Labute approximate surface area is 147 Å². The highest BCUT2D eigenvalue weighted by molar-refractivity contribution is 7.12. The molecule has 1 aliphatic rings. The Morgan fingerprint density at radius 1 is 1.12 bits per heavy atom. The number of hydrogen-bond acceptors (Lipinski definition) is 7. The fourth-order valence-corrected chi connectivity index (χ4v) is 2.81. The van der Waals surface area contributed by atoms with Crippen molar-refractivity contribution >= 4 is 29.1 Å². The zero-order valence-corrected chi connectivity index (χ0v) is 14.0. The van der Waals surface area contributed by atoms with Crippen molar-refractivity contribution in [3.8, 4) is 11.5 Å². The molecular weight excluding hydrogens is 346 g/mol. The second-order valence-corrected chi connectivity index (χ2v) is 6.12. The van der Waals surface area contributed by atoms with Crippen molar-refractivity contribution in [3.05, 3.63) is 46.2 Å². The van der Waals surface area contributed by atoms with Gasteiger partial charge in [0.2, 0.25) is 0 Å². The molecule has 2 amide bonds. The van der Waals surface area contributed by atoms with E-state index in [4.69, 9.17) is 14.2 Å². The first kappa shape index (κ1) is 17.0. The summed E-state index contributed by atoms with van der Waals surface area (Å²) in [5.41, 5.74) is 0.685. The smallest absolute Gasteiger partial charge is 0.310 e. The molecule has 0 bridgehead atoms. The number of esters is 1. The van der Waals surface area contributed by atoms with Gasteiger partial charge in [-0.1, -0.05) is 12.1 Å². The molecule has 130 valence electrons. The van der Waals surface area contributed by atoms with E-state index in [1.165, 1.54) is 11.3 Å². The van der Waals surface area contributed by atoms with Gasteiger partial charge >= 0.3 is 5.97 Å². The van der Waals surface area contributed by atoms with Crippen LogP contribution in [0.3, 0.4) is 0 Å². The zero-order valence-electron chi connectivity index (χ0n) is 13.2. The summed E-state index contributed by atoms with van der Waals surface area (Å²) in [5, 5.41) is 3.89. The Hall–Kier alpha value is -2.87. The van der Waals surface area contributed by atoms with Gasteiger partial charge in [-0.15, -0.1) is 11.3 Å². The van der Waals surface area contributed by atoms with Crippen LogP contribution >= 0.6 is 11.3 Å². The molecule has 2 aromatic rings. The second kappa shape index (κ2) is 7.80. The Morgan fingerprint density at radius 3 is 2.68 bits per heavy atom. The van der Waals surface area contributed by atoms with E-state index in [2.05, 4.69) is 5.32 Å². The predicted molar refractivity (Wildman–Crippen MR) is 88.9 cm³/mol. The van der Waals surface area contributed by atoms with Gasteiger partial charge in [-0.3, -0.25) is 19.7 Å². The molecule has 1 aliphatic heterocycles. The normalized spacial score (nSPS) is 12.3. The van der Waals surface area contributed by atoms with Gasteiger partial charge in [0.15, 0.2) is 18.1 Å². The lowest BCUT2D eigenvalue weighted by molar-refractivity contribution is -0.147. The lowest BCUT2D eigenvalue weighted by Crippen LogP contribution is -2.33. The largest absolute Gasteiger partial charge is 0.486 e. The third-order valence-electron chi connectivity index (χ3n) is 3.32. The lowest BCUT2D eigenvalue weighted by Gasteiger charge is -2.18. The number of amides is 2. The monoisotopic (exact) mass is 361 g/mol. The summed E-state index contributed by atoms with van der Waals surface area (Å²) >= 11 is 1.22. The number of carbonyl (C=O) groups excluding carboxylic acids is 3. The van der Waals surface area contributed by atoms with Crippen LogP contribution in [0, 0.1) is 0 Å². The van der Waals surface area contributed by atoms with Crippen LogP contribution in [-0.2, 0) is 20.7 Å². The van der Waals surface area contributed by atoms with Crippen LogP contribution in [0.2, 0.25) is 0 Å². The number of rotatable bonds is 5. The summed E-state index contributed by atoms with van der Waals surface area (Å²) in [6.07, 6.45) is -0.0111. The fraction of sp³-hybridized carbons (Fsp3) is 0.235. The minimum atomic E-state index is -0.672. The molecule has 8 heteroatoms. The number of benzene rings is 1. The van der Waals surface area contributed by atoms with Gasteiger partial charge in [-0.2, -0.15) is 0 Å². The number of thiophene rings is 1. The summed E-state index contributed by atoms with van der Waals surface area (Å²) in [5.74, 6) is -0.544. The third kappa shape index (κ3) is 4.57. The molecule has 1 aromatic carbocycles. The van der Waals surface area contributed by atoms with Crippen molar-refractivity contribution in [2.24, 2.45) is 0 Å². The number of hydrogen-bond donors (Lipinski definition) is 1. The van der Waals surface area contributed by atoms with Gasteiger partial charge in [0, 0.05) is 0 Å².